The normalized spacial score (nSPS) is 9.50. The van der Waals surface area contributed by atoms with Crippen molar-refractivity contribution in [3.63, 3.8) is 0 Å². The van der Waals surface area contributed by atoms with Crippen LogP contribution in [0.2, 0.25) is 0 Å². The fourth-order valence-electron chi connectivity index (χ4n) is 0.655. The average molecular weight is 142 g/mol. The summed E-state index contributed by atoms with van der Waals surface area (Å²) >= 11 is 0. The van der Waals surface area contributed by atoms with Gasteiger partial charge in [-0.15, -0.1) is 0 Å². The van der Waals surface area contributed by atoms with Gasteiger partial charge in [0.05, 0.1) is 0 Å². The molecule has 0 heterocycles. The predicted molar refractivity (Wildman–Crippen MR) is 41.8 cm³/mol. The Kier molecular flexibility index (Phi) is 5.92. The summed E-state index contributed by atoms with van der Waals surface area (Å²) in [6, 6.07) is 0. The molecule has 0 atom stereocenters. The van der Waals surface area contributed by atoms with Crippen LogP contribution in [-0.2, 0) is 0 Å². The summed E-state index contributed by atoms with van der Waals surface area (Å²) in [6.45, 7) is 1.70. The molecule has 0 fully saturated rings. The van der Waals surface area contributed by atoms with Crippen molar-refractivity contribution in [2.75, 3.05) is 27.2 Å². The largest absolute Gasteiger partial charge is 0.309 e. The van der Waals surface area contributed by atoms with E-state index in [9.17, 15) is 0 Å². The molecule has 0 aliphatic carbocycles. The van der Waals surface area contributed by atoms with Gasteiger partial charge >= 0.3 is 0 Å². The van der Waals surface area contributed by atoms with Crippen molar-refractivity contribution in [3.05, 3.63) is 10.4 Å². The van der Waals surface area contributed by atoms with Gasteiger partial charge in [0.25, 0.3) is 0 Å². The van der Waals surface area contributed by atoms with E-state index in [-0.39, 0.29) is 0 Å². The lowest BCUT2D eigenvalue weighted by molar-refractivity contribution is 0.395. The van der Waals surface area contributed by atoms with E-state index in [1.807, 2.05) is 14.1 Å². The fraction of sp³-hybridized carbons (Fsp3) is 1.00. The van der Waals surface area contributed by atoms with Crippen molar-refractivity contribution < 1.29 is 0 Å². The topological polar surface area (TPSA) is 52.0 Å². The summed E-state index contributed by atoms with van der Waals surface area (Å²) in [5.74, 6) is 0. The highest BCUT2D eigenvalue weighted by Gasteiger charge is 1.88. The van der Waals surface area contributed by atoms with Crippen LogP contribution in [0.25, 0.3) is 10.4 Å². The smallest absolute Gasteiger partial charge is 0.0258 e. The Bertz CT molecular complexity index is 115. The number of azide groups is 1. The molecule has 4 heteroatoms. The van der Waals surface area contributed by atoms with Crippen LogP contribution in [0.1, 0.15) is 12.8 Å². The van der Waals surface area contributed by atoms with Gasteiger partial charge in [0, 0.05) is 11.5 Å². The van der Waals surface area contributed by atoms with Crippen molar-refractivity contribution in [2.45, 2.75) is 12.8 Å². The number of rotatable bonds is 5. The molecule has 0 saturated heterocycles. The molecule has 0 bridgehead atoms. The van der Waals surface area contributed by atoms with Crippen molar-refractivity contribution in [1.29, 1.82) is 0 Å². The van der Waals surface area contributed by atoms with Gasteiger partial charge < -0.3 is 4.90 Å². The van der Waals surface area contributed by atoms with Crippen LogP contribution >= 0.6 is 0 Å². The molecule has 0 aromatic rings. The Morgan fingerprint density at radius 1 is 1.40 bits per heavy atom. The summed E-state index contributed by atoms with van der Waals surface area (Å²) in [7, 11) is 4.07. The molecule has 0 aliphatic rings. The molecule has 10 heavy (non-hydrogen) atoms. The van der Waals surface area contributed by atoms with Crippen LogP contribution < -0.4 is 0 Å². The van der Waals surface area contributed by atoms with Crippen molar-refractivity contribution in [3.8, 4) is 0 Å². The maximum absolute atomic E-state index is 7.92. The van der Waals surface area contributed by atoms with Gasteiger partial charge in [-0.3, -0.25) is 0 Å². The van der Waals surface area contributed by atoms with Gasteiger partial charge in [-0.05, 0) is 39.0 Å². The summed E-state index contributed by atoms with van der Waals surface area (Å²) in [5, 5.41) is 3.43. The Morgan fingerprint density at radius 2 is 2.10 bits per heavy atom. The van der Waals surface area contributed by atoms with Gasteiger partial charge in [-0.1, -0.05) is 5.11 Å². The molecule has 0 saturated carbocycles. The third-order valence-corrected chi connectivity index (χ3v) is 1.18. The first-order valence-electron chi connectivity index (χ1n) is 3.43. The minimum Gasteiger partial charge on any atom is -0.309 e. The van der Waals surface area contributed by atoms with Crippen molar-refractivity contribution in [1.82, 2.24) is 4.90 Å². The molecule has 0 aliphatic heterocycles. The van der Waals surface area contributed by atoms with Gasteiger partial charge in [-0.2, -0.15) is 0 Å². The standard InChI is InChI=1S/C6H14N4/c1-10(2)6-4-3-5-8-9-7/h3-6H2,1-2H3. The van der Waals surface area contributed by atoms with E-state index in [1.165, 1.54) is 0 Å². The van der Waals surface area contributed by atoms with E-state index in [0.29, 0.717) is 6.54 Å². The molecular formula is C6H14N4. The van der Waals surface area contributed by atoms with E-state index in [4.69, 9.17) is 5.53 Å². The fourth-order valence-corrected chi connectivity index (χ4v) is 0.655. The van der Waals surface area contributed by atoms with E-state index in [0.717, 1.165) is 19.4 Å². The lowest BCUT2D eigenvalue weighted by atomic mass is 10.3. The maximum atomic E-state index is 7.92. The molecule has 0 radical (unpaired) electrons. The van der Waals surface area contributed by atoms with E-state index in [1.54, 1.807) is 0 Å². The van der Waals surface area contributed by atoms with Crippen LogP contribution in [0.3, 0.4) is 0 Å². The quantitative estimate of drug-likeness (QED) is 0.249. The predicted octanol–water partition coefficient (Wildman–Crippen LogP) is 1.64. The lowest BCUT2D eigenvalue weighted by Gasteiger charge is -2.06. The summed E-state index contributed by atoms with van der Waals surface area (Å²) in [6.07, 6.45) is 2.09. The summed E-state index contributed by atoms with van der Waals surface area (Å²) in [4.78, 5) is 4.78. The first-order chi connectivity index (χ1) is 4.77. The molecule has 0 aromatic heterocycles. The van der Waals surface area contributed by atoms with Crippen LogP contribution in [0.15, 0.2) is 5.11 Å². The van der Waals surface area contributed by atoms with Crippen LogP contribution in [0.5, 0.6) is 0 Å². The zero-order valence-electron chi connectivity index (χ0n) is 6.62. The zero-order valence-corrected chi connectivity index (χ0v) is 6.62. The van der Waals surface area contributed by atoms with Gasteiger partial charge in [0.15, 0.2) is 0 Å². The molecule has 58 valence electrons. The van der Waals surface area contributed by atoms with Crippen molar-refractivity contribution in [2.24, 2.45) is 5.11 Å². The first kappa shape index (κ1) is 9.27. The monoisotopic (exact) mass is 142 g/mol. The average Bonchev–Trinajstić information content (AvgIpc) is 1.87. The minimum absolute atomic E-state index is 0.629. The van der Waals surface area contributed by atoms with E-state index >= 15 is 0 Å². The molecule has 4 nitrogen and oxygen atoms in total. The Morgan fingerprint density at radius 3 is 2.60 bits per heavy atom. The third kappa shape index (κ3) is 7.27. The lowest BCUT2D eigenvalue weighted by Crippen LogP contribution is -2.12. The van der Waals surface area contributed by atoms with Gasteiger partial charge in [-0.25, -0.2) is 0 Å². The minimum atomic E-state index is 0.629. The molecule has 0 N–H and O–H groups in total. The highest BCUT2D eigenvalue weighted by atomic mass is 15.1. The highest BCUT2D eigenvalue weighted by molar-refractivity contribution is 4.49. The van der Waals surface area contributed by atoms with Crippen LogP contribution in [0.4, 0.5) is 0 Å². The Balaban J connectivity index is 2.98. The van der Waals surface area contributed by atoms with Gasteiger partial charge in [0.2, 0.25) is 0 Å². The number of nitrogens with zero attached hydrogens (tertiary/aromatic N) is 4. The second-order valence-electron chi connectivity index (χ2n) is 2.46. The number of hydrogen-bond acceptors (Lipinski definition) is 2. The van der Waals surface area contributed by atoms with Gasteiger partial charge in [0.1, 0.15) is 0 Å². The highest BCUT2D eigenvalue weighted by Crippen LogP contribution is 1.90. The summed E-state index contributed by atoms with van der Waals surface area (Å²) < 4.78 is 0. The molecule has 0 unspecified atom stereocenters. The second kappa shape index (κ2) is 6.39. The summed E-state index contributed by atoms with van der Waals surface area (Å²) in [5.41, 5.74) is 7.92. The third-order valence-electron chi connectivity index (χ3n) is 1.18. The number of hydrogen-bond donors (Lipinski definition) is 0. The van der Waals surface area contributed by atoms with Crippen molar-refractivity contribution >= 4 is 0 Å². The van der Waals surface area contributed by atoms with Crippen LogP contribution in [-0.4, -0.2) is 32.1 Å². The first-order valence-corrected chi connectivity index (χ1v) is 3.43. The second-order valence-corrected chi connectivity index (χ2v) is 2.46. The Labute approximate surface area is 61.5 Å². The zero-order chi connectivity index (χ0) is 7.82. The van der Waals surface area contributed by atoms with E-state index < -0.39 is 0 Å². The molecule has 0 spiro atoms. The molecule has 0 aromatic carbocycles. The van der Waals surface area contributed by atoms with Crippen LogP contribution in [0, 0.1) is 0 Å². The molecule has 0 amide bonds. The Hall–Kier alpha value is -0.730. The number of unbranched alkanes of at least 4 members (excludes halogenated alkanes) is 1. The van der Waals surface area contributed by atoms with E-state index in [2.05, 4.69) is 14.9 Å². The maximum Gasteiger partial charge on any atom is 0.0258 e. The SMILES string of the molecule is CN(C)CCCCN=[N+]=[N-]. The molecule has 0 rings (SSSR count). The molecular weight excluding hydrogens is 128 g/mol.